The first-order valence-corrected chi connectivity index (χ1v) is 3.78. The van der Waals surface area contributed by atoms with Crippen LogP contribution in [-0.2, 0) is 9.53 Å². The summed E-state index contributed by atoms with van der Waals surface area (Å²) in [6, 6.07) is 0. The van der Waals surface area contributed by atoms with Crippen molar-refractivity contribution < 1.29 is 9.53 Å². The highest BCUT2D eigenvalue weighted by atomic mass is 16.5. The summed E-state index contributed by atoms with van der Waals surface area (Å²) in [6.07, 6.45) is 1.03. The second-order valence-electron chi connectivity index (χ2n) is 3.15. The van der Waals surface area contributed by atoms with Crippen LogP contribution in [0.1, 0.15) is 13.8 Å². The zero-order valence-corrected chi connectivity index (χ0v) is 6.54. The second kappa shape index (κ2) is 3.15. The first-order valence-electron chi connectivity index (χ1n) is 3.78. The monoisotopic (exact) mass is 142 g/mol. The third-order valence-electron chi connectivity index (χ3n) is 2.45. The van der Waals surface area contributed by atoms with Crippen LogP contribution in [0, 0.1) is 17.8 Å². The molecule has 0 radical (unpaired) electrons. The van der Waals surface area contributed by atoms with Crippen molar-refractivity contribution in [3.05, 3.63) is 0 Å². The molecule has 10 heavy (non-hydrogen) atoms. The van der Waals surface area contributed by atoms with Gasteiger partial charge in [0.25, 0.3) is 0 Å². The van der Waals surface area contributed by atoms with Crippen molar-refractivity contribution in [1.82, 2.24) is 0 Å². The summed E-state index contributed by atoms with van der Waals surface area (Å²) in [6.45, 7) is 5.78. The molecule has 0 bridgehead atoms. The van der Waals surface area contributed by atoms with Gasteiger partial charge in [0.15, 0.2) is 0 Å². The number of carbonyl (C=O) groups excluding carboxylic acids is 1. The Bertz CT molecular complexity index is 118. The maximum atomic E-state index is 10.3. The number of ether oxygens (including phenoxy) is 1. The highest BCUT2D eigenvalue weighted by Gasteiger charge is 2.28. The van der Waals surface area contributed by atoms with Gasteiger partial charge in [-0.1, -0.05) is 13.8 Å². The summed E-state index contributed by atoms with van der Waals surface area (Å²) < 4.78 is 5.03. The van der Waals surface area contributed by atoms with E-state index in [4.69, 9.17) is 4.74 Å². The minimum Gasteiger partial charge on any atom is -0.381 e. The molecule has 1 fully saturated rings. The molecule has 0 amide bonds. The van der Waals surface area contributed by atoms with Gasteiger partial charge in [-0.3, -0.25) is 0 Å². The fourth-order valence-electron chi connectivity index (χ4n) is 1.11. The zero-order valence-electron chi connectivity index (χ0n) is 6.54. The van der Waals surface area contributed by atoms with E-state index in [2.05, 4.69) is 6.92 Å². The molecule has 0 spiro atoms. The molecule has 0 aliphatic carbocycles. The highest BCUT2D eigenvalue weighted by Crippen LogP contribution is 2.25. The molecular weight excluding hydrogens is 128 g/mol. The van der Waals surface area contributed by atoms with Crippen LogP contribution in [0.25, 0.3) is 0 Å². The summed E-state index contributed by atoms with van der Waals surface area (Å²) in [5.74, 6) is 1.31. The van der Waals surface area contributed by atoms with Gasteiger partial charge < -0.3 is 9.53 Å². The van der Waals surface area contributed by atoms with Crippen LogP contribution in [0.2, 0.25) is 0 Å². The Morgan fingerprint density at radius 2 is 2.10 bits per heavy atom. The maximum absolute atomic E-state index is 10.3. The molecule has 1 saturated heterocycles. The van der Waals surface area contributed by atoms with E-state index in [-0.39, 0.29) is 5.92 Å². The van der Waals surface area contributed by atoms with E-state index < -0.39 is 0 Å². The van der Waals surface area contributed by atoms with Crippen molar-refractivity contribution in [2.24, 2.45) is 17.8 Å². The molecule has 0 N–H and O–H groups in total. The normalized spacial score (nSPS) is 25.0. The summed E-state index contributed by atoms with van der Waals surface area (Å²) >= 11 is 0. The van der Waals surface area contributed by atoms with Crippen LogP contribution in [0.4, 0.5) is 0 Å². The van der Waals surface area contributed by atoms with E-state index in [0.29, 0.717) is 11.8 Å². The smallest absolute Gasteiger partial charge is 0.123 e. The van der Waals surface area contributed by atoms with Gasteiger partial charge in [0.1, 0.15) is 6.29 Å². The van der Waals surface area contributed by atoms with Crippen LogP contribution in [0.3, 0.4) is 0 Å². The zero-order chi connectivity index (χ0) is 7.56. The van der Waals surface area contributed by atoms with Crippen LogP contribution >= 0.6 is 0 Å². The predicted molar refractivity (Wildman–Crippen MR) is 38.7 cm³/mol. The molecule has 1 aliphatic heterocycles. The van der Waals surface area contributed by atoms with E-state index in [1.807, 2.05) is 6.92 Å². The lowest BCUT2D eigenvalue weighted by Gasteiger charge is -2.33. The van der Waals surface area contributed by atoms with Gasteiger partial charge in [-0.25, -0.2) is 0 Å². The Labute approximate surface area is 61.6 Å². The van der Waals surface area contributed by atoms with Gasteiger partial charge in [0.2, 0.25) is 0 Å². The van der Waals surface area contributed by atoms with E-state index >= 15 is 0 Å². The van der Waals surface area contributed by atoms with Crippen molar-refractivity contribution in [3.8, 4) is 0 Å². The molecule has 1 heterocycles. The molecular formula is C8H14O2. The molecule has 58 valence electrons. The van der Waals surface area contributed by atoms with Gasteiger partial charge >= 0.3 is 0 Å². The Kier molecular flexibility index (Phi) is 2.44. The van der Waals surface area contributed by atoms with Gasteiger partial charge in [0, 0.05) is 11.8 Å². The molecule has 0 unspecified atom stereocenters. The van der Waals surface area contributed by atoms with Crippen LogP contribution in [0.15, 0.2) is 0 Å². The van der Waals surface area contributed by atoms with E-state index in [9.17, 15) is 4.79 Å². The first-order chi connectivity index (χ1) is 4.75. The number of hydrogen-bond donors (Lipinski definition) is 0. The van der Waals surface area contributed by atoms with Crippen LogP contribution in [-0.4, -0.2) is 19.5 Å². The number of rotatable bonds is 3. The summed E-state index contributed by atoms with van der Waals surface area (Å²) in [4.78, 5) is 10.3. The fourth-order valence-corrected chi connectivity index (χ4v) is 1.11. The van der Waals surface area contributed by atoms with Gasteiger partial charge in [-0.05, 0) is 5.92 Å². The molecule has 2 atom stereocenters. The topological polar surface area (TPSA) is 26.3 Å². The quantitative estimate of drug-likeness (QED) is 0.552. The van der Waals surface area contributed by atoms with Gasteiger partial charge in [-0.2, -0.15) is 0 Å². The van der Waals surface area contributed by atoms with Crippen LogP contribution < -0.4 is 0 Å². The SMILES string of the molecule is C[C@H](C1COC1)[C@@H](C)C=O. The number of hydrogen-bond acceptors (Lipinski definition) is 2. The standard InChI is InChI=1S/C8H14O2/c1-6(3-9)7(2)8-4-10-5-8/h3,6-8H,4-5H2,1-2H3/t6-,7-/m0/s1. The van der Waals surface area contributed by atoms with Crippen molar-refractivity contribution in [2.75, 3.05) is 13.2 Å². The average Bonchev–Trinajstić information content (AvgIpc) is 1.82. The summed E-state index contributed by atoms with van der Waals surface area (Å²) in [7, 11) is 0. The molecule has 1 aliphatic rings. The maximum Gasteiger partial charge on any atom is 0.123 e. The molecule has 0 aromatic carbocycles. The largest absolute Gasteiger partial charge is 0.381 e. The minimum absolute atomic E-state index is 0.189. The lowest BCUT2D eigenvalue weighted by Crippen LogP contribution is -2.36. The van der Waals surface area contributed by atoms with Crippen molar-refractivity contribution >= 4 is 6.29 Å². The lowest BCUT2D eigenvalue weighted by molar-refractivity contribution is -0.116. The molecule has 0 saturated carbocycles. The first kappa shape index (κ1) is 7.73. The van der Waals surface area contributed by atoms with Gasteiger partial charge in [0.05, 0.1) is 13.2 Å². The summed E-state index contributed by atoms with van der Waals surface area (Å²) in [5.41, 5.74) is 0. The Hall–Kier alpha value is -0.370. The van der Waals surface area contributed by atoms with E-state index in [1.54, 1.807) is 0 Å². The molecule has 1 rings (SSSR count). The molecule has 2 heteroatoms. The molecule has 0 aromatic heterocycles. The predicted octanol–water partition coefficient (Wildman–Crippen LogP) is 1.10. The van der Waals surface area contributed by atoms with E-state index in [1.165, 1.54) is 0 Å². The summed E-state index contributed by atoms with van der Waals surface area (Å²) in [5, 5.41) is 0. The number of carbonyl (C=O) groups is 1. The van der Waals surface area contributed by atoms with Crippen molar-refractivity contribution in [1.29, 1.82) is 0 Å². The minimum atomic E-state index is 0.189. The third-order valence-corrected chi connectivity index (χ3v) is 2.45. The fraction of sp³-hybridized carbons (Fsp3) is 0.875. The van der Waals surface area contributed by atoms with Gasteiger partial charge in [-0.15, -0.1) is 0 Å². The Balaban J connectivity index is 2.31. The second-order valence-corrected chi connectivity index (χ2v) is 3.15. The Morgan fingerprint density at radius 1 is 1.50 bits per heavy atom. The van der Waals surface area contributed by atoms with Crippen molar-refractivity contribution in [3.63, 3.8) is 0 Å². The van der Waals surface area contributed by atoms with Crippen LogP contribution in [0.5, 0.6) is 0 Å². The Morgan fingerprint density at radius 3 is 2.40 bits per heavy atom. The highest BCUT2D eigenvalue weighted by molar-refractivity contribution is 5.53. The van der Waals surface area contributed by atoms with E-state index in [0.717, 1.165) is 19.5 Å². The van der Waals surface area contributed by atoms with Crippen molar-refractivity contribution in [2.45, 2.75) is 13.8 Å². The lowest BCUT2D eigenvalue weighted by atomic mass is 9.84. The average molecular weight is 142 g/mol. The third kappa shape index (κ3) is 1.37. The molecule has 2 nitrogen and oxygen atoms in total. The molecule has 0 aromatic rings. The number of aldehydes is 1.